The maximum atomic E-state index is 11.8. The van der Waals surface area contributed by atoms with Gasteiger partial charge in [-0.05, 0) is 12.1 Å². The molecule has 1 aromatic heterocycles. The van der Waals surface area contributed by atoms with Crippen molar-refractivity contribution in [2.75, 3.05) is 20.3 Å². The zero-order chi connectivity index (χ0) is 11.4. The summed E-state index contributed by atoms with van der Waals surface area (Å²) in [6.07, 6.45) is 1.83. The summed E-state index contributed by atoms with van der Waals surface area (Å²) in [4.78, 5) is 14.9. The van der Waals surface area contributed by atoms with E-state index in [1.807, 2.05) is 24.4 Å². The Morgan fingerprint density at radius 3 is 3.12 bits per heavy atom. The summed E-state index contributed by atoms with van der Waals surface area (Å²) < 4.78 is 4.88. The monoisotopic (exact) mass is 218 g/mol. The van der Waals surface area contributed by atoms with Gasteiger partial charge >= 0.3 is 0 Å². The summed E-state index contributed by atoms with van der Waals surface area (Å²) in [6.45, 7) is 1.04. The zero-order valence-corrected chi connectivity index (χ0v) is 9.12. The molecule has 0 unspecified atom stereocenters. The second-order valence-electron chi connectivity index (χ2n) is 3.50. The molecule has 4 heteroatoms. The molecule has 1 heterocycles. The van der Waals surface area contributed by atoms with Crippen LogP contribution in [0, 0.1) is 0 Å². The summed E-state index contributed by atoms with van der Waals surface area (Å²) in [5.41, 5.74) is 1.54. The van der Waals surface area contributed by atoms with Crippen LogP contribution < -0.4 is 5.32 Å². The number of methoxy groups -OCH3 is 1. The maximum absolute atomic E-state index is 11.8. The number of amides is 1. The number of H-pyrrole nitrogens is 1. The van der Waals surface area contributed by atoms with Gasteiger partial charge in [-0.2, -0.15) is 0 Å². The molecule has 0 aliphatic carbocycles. The van der Waals surface area contributed by atoms with Gasteiger partial charge in [-0.25, -0.2) is 0 Å². The van der Waals surface area contributed by atoms with Crippen molar-refractivity contribution in [3.63, 3.8) is 0 Å². The van der Waals surface area contributed by atoms with Crippen LogP contribution in [0.3, 0.4) is 0 Å². The molecule has 4 nitrogen and oxygen atoms in total. The predicted octanol–water partition coefficient (Wildman–Crippen LogP) is 1.54. The normalized spacial score (nSPS) is 10.6. The van der Waals surface area contributed by atoms with E-state index >= 15 is 0 Å². The molecule has 0 aliphatic heterocycles. The van der Waals surface area contributed by atoms with Crippen LogP contribution in [0.2, 0.25) is 0 Å². The number of fused-ring (bicyclic) bond motifs is 1. The molecule has 0 aliphatic rings. The summed E-state index contributed by atoms with van der Waals surface area (Å²) in [5.74, 6) is -0.0786. The van der Waals surface area contributed by atoms with E-state index in [0.29, 0.717) is 18.7 Å². The highest BCUT2D eigenvalue weighted by atomic mass is 16.5. The van der Waals surface area contributed by atoms with Gasteiger partial charge in [0.15, 0.2) is 0 Å². The average molecular weight is 218 g/mol. The predicted molar refractivity (Wildman–Crippen MR) is 62.5 cm³/mol. The molecule has 2 N–H and O–H groups in total. The first kappa shape index (κ1) is 10.7. The Hall–Kier alpha value is -1.81. The molecule has 1 aromatic carbocycles. The van der Waals surface area contributed by atoms with Gasteiger partial charge in [-0.15, -0.1) is 0 Å². The van der Waals surface area contributed by atoms with Crippen LogP contribution in [-0.4, -0.2) is 31.2 Å². The lowest BCUT2D eigenvalue weighted by Crippen LogP contribution is -2.27. The molecule has 0 saturated carbocycles. The summed E-state index contributed by atoms with van der Waals surface area (Å²) in [7, 11) is 1.61. The van der Waals surface area contributed by atoms with E-state index < -0.39 is 0 Å². The summed E-state index contributed by atoms with van der Waals surface area (Å²) in [5, 5.41) is 3.84. The standard InChI is InChI=1S/C12H14N2O2/c1-16-8-7-14-12(15)10-4-2-3-9-5-6-13-11(9)10/h2-6,13H,7-8H2,1H3,(H,14,15). The Morgan fingerprint density at radius 2 is 2.31 bits per heavy atom. The zero-order valence-electron chi connectivity index (χ0n) is 9.12. The fraction of sp³-hybridized carbons (Fsp3) is 0.250. The molecule has 0 atom stereocenters. The van der Waals surface area contributed by atoms with Gasteiger partial charge < -0.3 is 15.0 Å². The Kier molecular flexibility index (Phi) is 3.22. The first-order chi connectivity index (χ1) is 7.83. The largest absolute Gasteiger partial charge is 0.383 e. The number of carbonyl (C=O) groups excluding carboxylic acids is 1. The van der Waals surface area contributed by atoms with Gasteiger partial charge in [0.1, 0.15) is 0 Å². The van der Waals surface area contributed by atoms with Crippen molar-refractivity contribution in [1.29, 1.82) is 0 Å². The van der Waals surface area contributed by atoms with Crippen molar-refractivity contribution in [2.45, 2.75) is 0 Å². The summed E-state index contributed by atoms with van der Waals surface area (Å²) in [6, 6.07) is 7.60. The van der Waals surface area contributed by atoms with E-state index in [-0.39, 0.29) is 5.91 Å². The number of ether oxygens (including phenoxy) is 1. The first-order valence-corrected chi connectivity index (χ1v) is 5.16. The number of aromatic nitrogens is 1. The van der Waals surface area contributed by atoms with Gasteiger partial charge in [-0.1, -0.05) is 12.1 Å². The second kappa shape index (κ2) is 4.81. The topological polar surface area (TPSA) is 54.1 Å². The van der Waals surface area contributed by atoms with Crippen LogP contribution in [0.25, 0.3) is 10.9 Å². The molecule has 0 saturated heterocycles. The minimum Gasteiger partial charge on any atom is -0.383 e. The third kappa shape index (κ3) is 2.06. The number of para-hydroxylation sites is 1. The fourth-order valence-electron chi connectivity index (χ4n) is 1.64. The van der Waals surface area contributed by atoms with Crippen LogP contribution in [0.4, 0.5) is 0 Å². The average Bonchev–Trinajstić information content (AvgIpc) is 2.76. The number of nitrogens with one attached hydrogen (secondary N) is 2. The maximum Gasteiger partial charge on any atom is 0.253 e. The van der Waals surface area contributed by atoms with Gasteiger partial charge in [-0.3, -0.25) is 4.79 Å². The molecule has 16 heavy (non-hydrogen) atoms. The van der Waals surface area contributed by atoms with E-state index in [1.54, 1.807) is 13.2 Å². The van der Waals surface area contributed by atoms with Crippen LogP contribution in [0.5, 0.6) is 0 Å². The number of hydrogen-bond acceptors (Lipinski definition) is 2. The summed E-state index contributed by atoms with van der Waals surface area (Å²) >= 11 is 0. The Balaban J connectivity index is 2.19. The molecular weight excluding hydrogens is 204 g/mol. The van der Waals surface area contributed by atoms with Crippen molar-refractivity contribution in [1.82, 2.24) is 10.3 Å². The number of carbonyl (C=O) groups is 1. The number of aromatic amines is 1. The lowest BCUT2D eigenvalue weighted by Gasteiger charge is -2.05. The number of benzene rings is 1. The van der Waals surface area contributed by atoms with Crippen molar-refractivity contribution in [3.05, 3.63) is 36.0 Å². The van der Waals surface area contributed by atoms with Gasteiger partial charge in [0.2, 0.25) is 0 Å². The lowest BCUT2D eigenvalue weighted by atomic mass is 10.1. The van der Waals surface area contributed by atoms with Gasteiger partial charge in [0, 0.05) is 25.2 Å². The van der Waals surface area contributed by atoms with Crippen molar-refractivity contribution < 1.29 is 9.53 Å². The molecule has 84 valence electrons. The minimum atomic E-state index is -0.0786. The Bertz CT molecular complexity index is 490. The van der Waals surface area contributed by atoms with Crippen molar-refractivity contribution >= 4 is 16.8 Å². The SMILES string of the molecule is COCCNC(=O)c1cccc2cc[nH]c12. The molecule has 2 rings (SSSR count). The third-order valence-electron chi connectivity index (χ3n) is 2.42. The van der Waals surface area contributed by atoms with Crippen LogP contribution in [-0.2, 0) is 4.74 Å². The number of rotatable bonds is 4. The van der Waals surface area contributed by atoms with E-state index in [9.17, 15) is 4.79 Å². The van der Waals surface area contributed by atoms with Crippen molar-refractivity contribution in [3.8, 4) is 0 Å². The van der Waals surface area contributed by atoms with E-state index in [4.69, 9.17) is 4.74 Å². The van der Waals surface area contributed by atoms with Crippen LogP contribution in [0.15, 0.2) is 30.5 Å². The molecule has 2 aromatic rings. The first-order valence-electron chi connectivity index (χ1n) is 5.16. The highest BCUT2D eigenvalue weighted by molar-refractivity contribution is 6.05. The van der Waals surface area contributed by atoms with Gasteiger partial charge in [0.25, 0.3) is 5.91 Å². The fourth-order valence-corrected chi connectivity index (χ4v) is 1.64. The highest BCUT2D eigenvalue weighted by Gasteiger charge is 2.09. The third-order valence-corrected chi connectivity index (χ3v) is 2.42. The van der Waals surface area contributed by atoms with E-state index in [0.717, 1.165) is 10.9 Å². The van der Waals surface area contributed by atoms with Gasteiger partial charge in [0.05, 0.1) is 17.7 Å². The van der Waals surface area contributed by atoms with E-state index in [2.05, 4.69) is 10.3 Å². The molecule has 0 bridgehead atoms. The highest BCUT2D eigenvalue weighted by Crippen LogP contribution is 2.16. The Labute approximate surface area is 93.6 Å². The smallest absolute Gasteiger partial charge is 0.253 e. The molecule has 1 amide bonds. The second-order valence-corrected chi connectivity index (χ2v) is 3.50. The lowest BCUT2D eigenvalue weighted by molar-refractivity contribution is 0.0938. The molecular formula is C12H14N2O2. The molecule has 0 fully saturated rings. The molecule has 0 spiro atoms. The Morgan fingerprint density at radius 1 is 1.44 bits per heavy atom. The van der Waals surface area contributed by atoms with Crippen molar-refractivity contribution in [2.24, 2.45) is 0 Å². The van der Waals surface area contributed by atoms with Crippen LogP contribution in [0.1, 0.15) is 10.4 Å². The molecule has 0 radical (unpaired) electrons. The quantitative estimate of drug-likeness (QED) is 0.765. The minimum absolute atomic E-state index is 0.0786. The number of hydrogen-bond donors (Lipinski definition) is 2. The van der Waals surface area contributed by atoms with Crippen LogP contribution >= 0.6 is 0 Å². The van der Waals surface area contributed by atoms with E-state index in [1.165, 1.54) is 0 Å².